The Morgan fingerprint density at radius 1 is 1.20 bits per heavy atom. The van der Waals surface area contributed by atoms with Crippen molar-refractivity contribution < 1.29 is 0 Å². The quantitative estimate of drug-likeness (QED) is 0.550. The predicted molar refractivity (Wildman–Crippen MR) is 57.4 cm³/mol. The highest BCUT2D eigenvalue weighted by atomic mass is 15.0. The SMILES string of the molecule is N#Cc1ccc2nc3ccccn3c2c1. The van der Waals surface area contributed by atoms with Gasteiger partial charge >= 0.3 is 0 Å². The molecule has 0 bridgehead atoms. The van der Waals surface area contributed by atoms with E-state index in [0.717, 1.165) is 16.7 Å². The van der Waals surface area contributed by atoms with Gasteiger partial charge < -0.3 is 0 Å². The van der Waals surface area contributed by atoms with Crippen molar-refractivity contribution in [3.05, 3.63) is 48.2 Å². The zero-order valence-electron chi connectivity index (χ0n) is 7.88. The van der Waals surface area contributed by atoms with Crippen LogP contribution in [-0.2, 0) is 0 Å². The highest BCUT2D eigenvalue weighted by molar-refractivity contribution is 5.81. The maximum Gasteiger partial charge on any atom is 0.137 e. The topological polar surface area (TPSA) is 41.1 Å². The first kappa shape index (κ1) is 8.01. The van der Waals surface area contributed by atoms with Crippen LogP contribution in [0, 0.1) is 11.3 Å². The predicted octanol–water partition coefficient (Wildman–Crippen LogP) is 2.36. The van der Waals surface area contributed by atoms with E-state index in [0.29, 0.717) is 5.56 Å². The summed E-state index contributed by atoms with van der Waals surface area (Å²) in [5, 5.41) is 8.83. The van der Waals surface area contributed by atoms with Gasteiger partial charge in [-0.15, -0.1) is 0 Å². The van der Waals surface area contributed by atoms with Crippen molar-refractivity contribution >= 4 is 16.7 Å². The molecule has 0 aliphatic carbocycles. The lowest BCUT2D eigenvalue weighted by Gasteiger charge is -1.93. The van der Waals surface area contributed by atoms with Gasteiger partial charge in [-0.3, -0.25) is 4.40 Å². The molecule has 0 amide bonds. The summed E-state index contributed by atoms with van der Waals surface area (Å²) in [5.74, 6) is 0. The van der Waals surface area contributed by atoms with Crippen LogP contribution in [0.3, 0.4) is 0 Å². The summed E-state index contributed by atoms with van der Waals surface area (Å²) in [6.45, 7) is 0. The Balaban J connectivity index is 2.53. The second kappa shape index (κ2) is 2.82. The molecule has 3 rings (SSSR count). The monoisotopic (exact) mass is 193 g/mol. The lowest BCUT2D eigenvalue weighted by Crippen LogP contribution is -1.82. The van der Waals surface area contributed by atoms with Crippen molar-refractivity contribution in [2.45, 2.75) is 0 Å². The molecule has 15 heavy (non-hydrogen) atoms. The highest BCUT2D eigenvalue weighted by Gasteiger charge is 2.03. The zero-order valence-corrected chi connectivity index (χ0v) is 7.88. The molecule has 0 spiro atoms. The number of benzene rings is 1. The number of imidazole rings is 1. The Labute approximate surface area is 86.2 Å². The van der Waals surface area contributed by atoms with Gasteiger partial charge in [0, 0.05) is 6.20 Å². The molecule has 70 valence electrons. The van der Waals surface area contributed by atoms with E-state index < -0.39 is 0 Å². The van der Waals surface area contributed by atoms with E-state index in [-0.39, 0.29) is 0 Å². The van der Waals surface area contributed by atoms with Crippen molar-refractivity contribution in [2.24, 2.45) is 0 Å². The molecule has 0 aliphatic rings. The maximum atomic E-state index is 8.83. The Morgan fingerprint density at radius 2 is 2.13 bits per heavy atom. The van der Waals surface area contributed by atoms with E-state index in [9.17, 15) is 0 Å². The molecule has 0 saturated heterocycles. The van der Waals surface area contributed by atoms with Gasteiger partial charge in [-0.2, -0.15) is 5.26 Å². The van der Waals surface area contributed by atoms with Crippen molar-refractivity contribution in [3.63, 3.8) is 0 Å². The fourth-order valence-electron chi connectivity index (χ4n) is 1.73. The molecular formula is C12H7N3. The van der Waals surface area contributed by atoms with Crippen molar-refractivity contribution in [1.82, 2.24) is 9.38 Å². The summed E-state index contributed by atoms with van der Waals surface area (Å²) < 4.78 is 1.98. The van der Waals surface area contributed by atoms with E-state index in [1.807, 2.05) is 40.9 Å². The molecule has 0 unspecified atom stereocenters. The summed E-state index contributed by atoms with van der Waals surface area (Å²) in [4.78, 5) is 4.44. The molecule has 3 nitrogen and oxygen atoms in total. The molecule has 0 radical (unpaired) electrons. The van der Waals surface area contributed by atoms with Crippen molar-refractivity contribution in [1.29, 1.82) is 5.26 Å². The standard InChI is InChI=1S/C12H7N3/c13-8-9-4-5-10-11(7-9)15-6-2-1-3-12(15)14-10/h1-7H. The summed E-state index contributed by atoms with van der Waals surface area (Å²) in [5.41, 5.74) is 3.46. The van der Waals surface area contributed by atoms with Crippen molar-refractivity contribution in [3.8, 4) is 6.07 Å². The molecule has 0 N–H and O–H groups in total. The third kappa shape index (κ3) is 1.09. The number of rotatable bonds is 0. The normalized spacial score (nSPS) is 10.6. The zero-order chi connectivity index (χ0) is 10.3. The lowest BCUT2D eigenvalue weighted by atomic mass is 10.2. The third-order valence-electron chi connectivity index (χ3n) is 2.44. The Bertz CT molecular complexity index is 689. The van der Waals surface area contributed by atoms with Crippen LogP contribution in [0.25, 0.3) is 16.7 Å². The number of hydrogen-bond acceptors (Lipinski definition) is 2. The van der Waals surface area contributed by atoms with Crippen molar-refractivity contribution in [2.75, 3.05) is 0 Å². The minimum absolute atomic E-state index is 0.660. The molecular weight excluding hydrogens is 186 g/mol. The fraction of sp³-hybridized carbons (Fsp3) is 0. The Morgan fingerprint density at radius 3 is 3.00 bits per heavy atom. The van der Waals surface area contributed by atoms with Gasteiger partial charge in [-0.25, -0.2) is 4.98 Å². The van der Waals surface area contributed by atoms with E-state index in [2.05, 4.69) is 11.1 Å². The van der Waals surface area contributed by atoms with Gasteiger partial charge in [-0.1, -0.05) is 6.07 Å². The van der Waals surface area contributed by atoms with E-state index in [1.165, 1.54) is 0 Å². The highest BCUT2D eigenvalue weighted by Crippen LogP contribution is 2.17. The molecule has 2 aromatic heterocycles. The molecule has 0 aliphatic heterocycles. The van der Waals surface area contributed by atoms with Crippen LogP contribution in [0.2, 0.25) is 0 Å². The van der Waals surface area contributed by atoms with Gasteiger partial charge in [0.05, 0.1) is 22.7 Å². The van der Waals surface area contributed by atoms with E-state index >= 15 is 0 Å². The largest absolute Gasteiger partial charge is 0.300 e. The number of hydrogen-bond donors (Lipinski definition) is 0. The molecule has 3 aromatic rings. The molecule has 2 heterocycles. The van der Waals surface area contributed by atoms with E-state index in [1.54, 1.807) is 6.07 Å². The van der Waals surface area contributed by atoms with Gasteiger partial charge in [-0.05, 0) is 30.3 Å². The average Bonchev–Trinajstić information content (AvgIpc) is 2.66. The summed E-state index contributed by atoms with van der Waals surface area (Å²) >= 11 is 0. The maximum absolute atomic E-state index is 8.83. The van der Waals surface area contributed by atoms with E-state index in [4.69, 9.17) is 5.26 Å². The van der Waals surface area contributed by atoms with Crippen LogP contribution in [0.1, 0.15) is 5.56 Å². The average molecular weight is 193 g/mol. The van der Waals surface area contributed by atoms with Crippen LogP contribution in [0.15, 0.2) is 42.6 Å². The number of nitriles is 1. The molecule has 1 aromatic carbocycles. The molecule has 0 fully saturated rings. The fourth-order valence-corrected chi connectivity index (χ4v) is 1.73. The van der Waals surface area contributed by atoms with Gasteiger partial charge in [0.15, 0.2) is 0 Å². The number of aromatic nitrogens is 2. The molecule has 3 heteroatoms. The Hall–Kier alpha value is -2.34. The summed E-state index contributed by atoms with van der Waals surface area (Å²) in [6.07, 6.45) is 1.95. The minimum Gasteiger partial charge on any atom is -0.300 e. The second-order valence-electron chi connectivity index (χ2n) is 3.36. The van der Waals surface area contributed by atoms with Crippen LogP contribution >= 0.6 is 0 Å². The lowest BCUT2D eigenvalue weighted by molar-refractivity contribution is 1.23. The number of fused-ring (bicyclic) bond motifs is 3. The first-order valence-electron chi connectivity index (χ1n) is 4.65. The summed E-state index contributed by atoms with van der Waals surface area (Å²) in [6, 6.07) is 13.5. The van der Waals surface area contributed by atoms with Crippen LogP contribution < -0.4 is 0 Å². The van der Waals surface area contributed by atoms with Crippen LogP contribution in [0.5, 0.6) is 0 Å². The molecule has 0 saturated carbocycles. The first-order chi connectivity index (χ1) is 7.38. The number of nitrogens with zero attached hydrogens (tertiary/aromatic N) is 3. The third-order valence-corrected chi connectivity index (χ3v) is 2.44. The molecule has 0 atom stereocenters. The summed E-state index contributed by atoms with van der Waals surface area (Å²) in [7, 11) is 0. The number of pyridine rings is 1. The van der Waals surface area contributed by atoms with Gasteiger partial charge in [0.1, 0.15) is 5.65 Å². The van der Waals surface area contributed by atoms with Gasteiger partial charge in [0.25, 0.3) is 0 Å². The van der Waals surface area contributed by atoms with Crippen LogP contribution in [-0.4, -0.2) is 9.38 Å². The van der Waals surface area contributed by atoms with Gasteiger partial charge in [0.2, 0.25) is 0 Å². The first-order valence-corrected chi connectivity index (χ1v) is 4.65. The van der Waals surface area contributed by atoms with Crippen LogP contribution in [0.4, 0.5) is 0 Å². The second-order valence-corrected chi connectivity index (χ2v) is 3.36. The minimum atomic E-state index is 0.660. The smallest absolute Gasteiger partial charge is 0.137 e. The Kier molecular flexibility index (Phi) is 1.51.